The van der Waals surface area contributed by atoms with Crippen molar-refractivity contribution in [3.05, 3.63) is 49.3 Å². The third-order valence-electron chi connectivity index (χ3n) is 2.42. The van der Waals surface area contributed by atoms with E-state index in [1.165, 1.54) is 23.6 Å². The van der Waals surface area contributed by atoms with Crippen LogP contribution in [-0.2, 0) is 6.54 Å². The molecule has 2 aromatic heterocycles. The monoisotopic (exact) mass is 334 g/mol. The van der Waals surface area contributed by atoms with E-state index in [1.807, 2.05) is 6.07 Å². The fraction of sp³-hybridized carbons (Fsp3) is 0.167. The van der Waals surface area contributed by atoms with Gasteiger partial charge in [-0.15, -0.1) is 11.3 Å². The highest BCUT2D eigenvalue weighted by molar-refractivity contribution is 7.16. The molecule has 0 aliphatic rings. The summed E-state index contributed by atoms with van der Waals surface area (Å²) in [6.07, 6.45) is 1.37. The lowest BCUT2D eigenvalue weighted by Gasteiger charge is -2.17. The minimum absolute atomic E-state index is 0.209. The number of carbonyl (C=O) groups is 1. The van der Waals surface area contributed by atoms with Gasteiger partial charge < -0.3 is 4.90 Å². The first-order valence-electron chi connectivity index (χ1n) is 5.28. The molecule has 2 aromatic rings. The Morgan fingerprint density at radius 3 is 2.74 bits per heavy atom. The Bertz CT molecular complexity index is 615. The van der Waals surface area contributed by atoms with Gasteiger partial charge in [-0.05, 0) is 18.2 Å². The zero-order valence-electron chi connectivity index (χ0n) is 9.86. The summed E-state index contributed by atoms with van der Waals surface area (Å²) in [5.41, 5.74) is 0.340. The van der Waals surface area contributed by atoms with Gasteiger partial charge in [0.15, 0.2) is 0 Å². The second-order valence-corrected chi connectivity index (χ2v) is 6.45. The molecule has 0 unspecified atom stereocenters. The lowest BCUT2D eigenvalue weighted by Crippen LogP contribution is -2.26. The Morgan fingerprint density at radius 2 is 2.11 bits per heavy atom. The third kappa shape index (κ3) is 3.60. The minimum atomic E-state index is -0.209. The molecule has 1 amide bonds. The molecule has 7 heteroatoms. The van der Waals surface area contributed by atoms with Gasteiger partial charge in [0.05, 0.1) is 21.5 Å². The molecule has 0 saturated carbocycles. The molecule has 0 radical (unpaired) electrons. The molecule has 0 atom stereocenters. The second kappa shape index (κ2) is 6.09. The average Bonchev–Trinajstić information content (AvgIpc) is 2.77. The largest absolute Gasteiger partial charge is 0.337 e. The van der Waals surface area contributed by atoms with E-state index in [1.54, 1.807) is 18.0 Å². The molecule has 0 aliphatic heterocycles. The molecule has 2 rings (SSSR count). The number of amides is 1. The Balaban J connectivity index is 2.16. The molecular formula is C12H9Cl3N2OS. The van der Waals surface area contributed by atoms with Crippen molar-refractivity contribution in [2.75, 3.05) is 7.05 Å². The molecule has 0 bridgehead atoms. The summed E-state index contributed by atoms with van der Waals surface area (Å²) in [5, 5.41) is 0.519. The van der Waals surface area contributed by atoms with E-state index in [-0.39, 0.29) is 16.1 Å². The highest BCUT2D eigenvalue weighted by atomic mass is 35.5. The third-order valence-corrected chi connectivity index (χ3v) is 4.14. The summed E-state index contributed by atoms with van der Waals surface area (Å²) < 4.78 is 0.695. The van der Waals surface area contributed by atoms with Crippen LogP contribution in [0.1, 0.15) is 15.2 Å². The van der Waals surface area contributed by atoms with Gasteiger partial charge in [-0.2, -0.15) is 0 Å². The van der Waals surface area contributed by atoms with E-state index in [0.29, 0.717) is 16.4 Å². The molecule has 2 heterocycles. The van der Waals surface area contributed by atoms with Crippen LogP contribution in [0.15, 0.2) is 24.4 Å². The summed E-state index contributed by atoms with van der Waals surface area (Å²) in [6.45, 7) is 0.465. The minimum Gasteiger partial charge on any atom is -0.337 e. The maximum atomic E-state index is 12.3. The van der Waals surface area contributed by atoms with Crippen LogP contribution in [0.5, 0.6) is 0 Å². The molecule has 0 saturated heterocycles. The van der Waals surface area contributed by atoms with E-state index in [2.05, 4.69) is 4.98 Å². The van der Waals surface area contributed by atoms with E-state index in [4.69, 9.17) is 34.8 Å². The number of nitrogens with zero attached hydrogens (tertiary/aromatic N) is 2. The highest BCUT2D eigenvalue weighted by Gasteiger charge is 2.17. The number of pyridine rings is 1. The van der Waals surface area contributed by atoms with Gasteiger partial charge in [0, 0.05) is 18.1 Å². The standard InChI is InChI=1S/C12H9Cl3N2OS/c1-17(6-7-2-3-11(15)19-7)12(18)8-4-10(14)16-5-9(8)13/h2-5H,6H2,1H3. The molecule has 0 spiro atoms. The van der Waals surface area contributed by atoms with Crippen LogP contribution < -0.4 is 0 Å². The Kier molecular flexibility index (Phi) is 4.68. The molecular weight excluding hydrogens is 327 g/mol. The normalized spacial score (nSPS) is 10.5. The van der Waals surface area contributed by atoms with E-state index in [9.17, 15) is 4.79 Å². The second-order valence-electron chi connectivity index (χ2n) is 3.85. The molecule has 100 valence electrons. The molecule has 0 aliphatic carbocycles. The van der Waals surface area contributed by atoms with Crippen molar-refractivity contribution in [1.82, 2.24) is 9.88 Å². The van der Waals surface area contributed by atoms with Gasteiger partial charge in [0.25, 0.3) is 5.91 Å². The van der Waals surface area contributed by atoms with Crippen LogP contribution in [0, 0.1) is 0 Å². The van der Waals surface area contributed by atoms with E-state index in [0.717, 1.165) is 4.88 Å². The first-order valence-corrected chi connectivity index (χ1v) is 7.23. The maximum absolute atomic E-state index is 12.3. The van der Waals surface area contributed by atoms with Crippen LogP contribution >= 0.6 is 46.1 Å². The summed E-state index contributed by atoms with van der Waals surface area (Å²) in [7, 11) is 1.70. The number of rotatable bonds is 3. The molecule has 0 N–H and O–H groups in total. The summed E-state index contributed by atoms with van der Waals surface area (Å²) in [4.78, 5) is 18.6. The number of hydrogen-bond donors (Lipinski definition) is 0. The number of thiophene rings is 1. The van der Waals surface area contributed by atoms with Crippen LogP contribution in [0.3, 0.4) is 0 Å². The van der Waals surface area contributed by atoms with E-state index < -0.39 is 0 Å². The van der Waals surface area contributed by atoms with E-state index >= 15 is 0 Å². The van der Waals surface area contributed by atoms with Gasteiger partial charge in [-0.1, -0.05) is 34.8 Å². The van der Waals surface area contributed by atoms with Crippen molar-refractivity contribution in [2.24, 2.45) is 0 Å². The van der Waals surface area contributed by atoms with Gasteiger partial charge in [0.2, 0.25) is 0 Å². The van der Waals surface area contributed by atoms with Gasteiger partial charge in [0.1, 0.15) is 5.15 Å². The zero-order chi connectivity index (χ0) is 14.0. The molecule has 0 aromatic carbocycles. The lowest BCUT2D eigenvalue weighted by atomic mass is 10.2. The van der Waals surface area contributed by atoms with Crippen molar-refractivity contribution in [1.29, 1.82) is 0 Å². The SMILES string of the molecule is CN(Cc1ccc(Cl)s1)C(=O)c1cc(Cl)ncc1Cl. The number of hydrogen-bond acceptors (Lipinski definition) is 3. The predicted octanol–water partition coefficient (Wildman–Crippen LogP) is 4.38. The first kappa shape index (κ1) is 14.6. The van der Waals surface area contributed by atoms with Crippen LogP contribution in [0.4, 0.5) is 0 Å². The van der Waals surface area contributed by atoms with Gasteiger partial charge in [-0.25, -0.2) is 4.98 Å². The van der Waals surface area contributed by atoms with Crippen molar-refractivity contribution in [3.8, 4) is 0 Å². The zero-order valence-corrected chi connectivity index (χ0v) is 12.9. The van der Waals surface area contributed by atoms with Gasteiger partial charge >= 0.3 is 0 Å². The first-order chi connectivity index (χ1) is 8.97. The fourth-order valence-electron chi connectivity index (χ4n) is 1.52. The summed E-state index contributed by atoms with van der Waals surface area (Å²) in [5.74, 6) is -0.209. The topological polar surface area (TPSA) is 33.2 Å². The van der Waals surface area contributed by atoms with Crippen LogP contribution in [0.2, 0.25) is 14.5 Å². The Labute approximate surface area is 129 Å². The Hall–Kier alpha value is -0.810. The maximum Gasteiger partial charge on any atom is 0.255 e. The van der Waals surface area contributed by atoms with Gasteiger partial charge in [-0.3, -0.25) is 4.79 Å². The van der Waals surface area contributed by atoms with Crippen molar-refractivity contribution in [2.45, 2.75) is 6.54 Å². The lowest BCUT2D eigenvalue weighted by molar-refractivity contribution is 0.0786. The fourth-order valence-corrected chi connectivity index (χ4v) is 3.01. The molecule has 19 heavy (non-hydrogen) atoms. The van der Waals surface area contributed by atoms with Crippen LogP contribution in [-0.4, -0.2) is 22.8 Å². The molecule has 3 nitrogen and oxygen atoms in total. The predicted molar refractivity (Wildman–Crippen MR) is 79.4 cm³/mol. The average molecular weight is 336 g/mol. The summed E-state index contributed by atoms with van der Waals surface area (Å²) in [6, 6.07) is 5.15. The number of carbonyl (C=O) groups excluding carboxylic acids is 1. The smallest absolute Gasteiger partial charge is 0.255 e. The number of aromatic nitrogens is 1. The van der Waals surface area contributed by atoms with Crippen LogP contribution in [0.25, 0.3) is 0 Å². The van der Waals surface area contributed by atoms with Crippen molar-refractivity contribution < 1.29 is 4.79 Å². The summed E-state index contributed by atoms with van der Waals surface area (Å²) >= 11 is 19.0. The number of halogens is 3. The Morgan fingerprint density at radius 1 is 1.37 bits per heavy atom. The van der Waals surface area contributed by atoms with Crippen molar-refractivity contribution >= 4 is 52.0 Å². The quantitative estimate of drug-likeness (QED) is 0.780. The highest BCUT2D eigenvalue weighted by Crippen LogP contribution is 2.24. The molecule has 0 fully saturated rings. The van der Waals surface area contributed by atoms with Crippen molar-refractivity contribution in [3.63, 3.8) is 0 Å².